The Hall–Kier alpha value is -3.95. The third-order valence-corrected chi connectivity index (χ3v) is 6.58. The zero-order valence-corrected chi connectivity index (χ0v) is 22.1. The molecule has 10 heteroatoms. The van der Waals surface area contributed by atoms with Crippen LogP contribution in [0.15, 0.2) is 60.7 Å². The van der Waals surface area contributed by atoms with E-state index in [0.717, 1.165) is 16.8 Å². The van der Waals surface area contributed by atoms with Crippen molar-refractivity contribution in [2.75, 3.05) is 55.4 Å². The predicted molar refractivity (Wildman–Crippen MR) is 149 cm³/mol. The molecular formula is C28H31ClN4O5. The van der Waals surface area contributed by atoms with E-state index in [1.807, 2.05) is 43.3 Å². The molecule has 9 nitrogen and oxygen atoms in total. The van der Waals surface area contributed by atoms with Crippen LogP contribution >= 0.6 is 11.6 Å². The number of hydrogen-bond donors (Lipinski definition) is 3. The van der Waals surface area contributed by atoms with Crippen LogP contribution in [0.4, 0.5) is 26.7 Å². The number of para-hydroxylation sites is 1. The van der Waals surface area contributed by atoms with E-state index < -0.39 is 6.09 Å². The maximum absolute atomic E-state index is 12.6. The van der Waals surface area contributed by atoms with Gasteiger partial charge in [-0.2, -0.15) is 0 Å². The van der Waals surface area contributed by atoms with E-state index >= 15 is 0 Å². The Bertz CT molecular complexity index is 1280. The maximum atomic E-state index is 12.6. The highest BCUT2D eigenvalue weighted by atomic mass is 35.5. The molecule has 38 heavy (non-hydrogen) atoms. The molecule has 3 amide bonds. The smallest absolute Gasteiger partial charge is 0.415 e. The van der Waals surface area contributed by atoms with Gasteiger partial charge in [-0.05, 0) is 66.9 Å². The minimum absolute atomic E-state index is 0.0258. The molecule has 1 saturated heterocycles. The standard InChI is InChI=1S/C28H31ClN4O5/c1-19-4-3-5-24(26(19)37-2)31-27(35)30-21-7-9-22(10-8-21)32-13-15-33(16-14-32)28(36)38-25-11-6-20(12-17-34)18-23(25)29/h3-11,18,34H,12-17H2,1-2H3,(H2,30,31,35). The second-order valence-electron chi connectivity index (χ2n) is 8.86. The molecule has 1 heterocycles. The maximum Gasteiger partial charge on any atom is 0.415 e. The van der Waals surface area contributed by atoms with Crippen LogP contribution in [0, 0.1) is 6.92 Å². The van der Waals surface area contributed by atoms with Crippen molar-refractivity contribution in [1.82, 2.24) is 4.90 Å². The van der Waals surface area contributed by atoms with Crippen molar-refractivity contribution in [1.29, 1.82) is 0 Å². The van der Waals surface area contributed by atoms with Gasteiger partial charge in [0.25, 0.3) is 0 Å². The number of amides is 3. The Balaban J connectivity index is 1.27. The van der Waals surface area contributed by atoms with Gasteiger partial charge in [-0.15, -0.1) is 0 Å². The van der Waals surface area contributed by atoms with Crippen molar-refractivity contribution < 1.29 is 24.2 Å². The summed E-state index contributed by atoms with van der Waals surface area (Å²) in [5.41, 5.74) is 4.05. The molecule has 0 aromatic heterocycles. The van der Waals surface area contributed by atoms with E-state index in [2.05, 4.69) is 15.5 Å². The largest absolute Gasteiger partial charge is 0.494 e. The van der Waals surface area contributed by atoms with Crippen LogP contribution in [0.5, 0.6) is 11.5 Å². The molecule has 3 aromatic carbocycles. The molecule has 0 unspecified atom stereocenters. The summed E-state index contributed by atoms with van der Waals surface area (Å²) in [5, 5.41) is 15.1. The number of piperazine rings is 1. The number of benzene rings is 3. The van der Waals surface area contributed by atoms with E-state index in [1.165, 1.54) is 0 Å². The van der Waals surface area contributed by atoms with Gasteiger partial charge in [-0.1, -0.05) is 29.8 Å². The van der Waals surface area contributed by atoms with E-state index in [0.29, 0.717) is 60.5 Å². The minimum Gasteiger partial charge on any atom is -0.494 e. The molecule has 0 aliphatic carbocycles. The third-order valence-electron chi connectivity index (χ3n) is 6.29. The summed E-state index contributed by atoms with van der Waals surface area (Å²) < 4.78 is 10.9. The molecule has 3 aromatic rings. The second kappa shape index (κ2) is 12.5. The third kappa shape index (κ3) is 6.67. The average molecular weight is 539 g/mol. The van der Waals surface area contributed by atoms with Crippen LogP contribution < -0.4 is 25.0 Å². The molecule has 1 fully saturated rings. The highest BCUT2D eigenvalue weighted by molar-refractivity contribution is 6.32. The lowest BCUT2D eigenvalue weighted by Gasteiger charge is -2.35. The van der Waals surface area contributed by atoms with Gasteiger partial charge >= 0.3 is 12.1 Å². The molecule has 4 rings (SSSR count). The van der Waals surface area contributed by atoms with Crippen molar-refractivity contribution in [2.45, 2.75) is 13.3 Å². The van der Waals surface area contributed by atoms with Gasteiger partial charge < -0.3 is 35.0 Å². The van der Waals surface area contributed by atoms with Crippen LogP contribution in [-0.2, 0) is 6.42 Å². The molecule has 0 saturated carbocycles. The van der Waals surface area contributed by atoms with E-state index in [4.69, 9.17) is 26.2 Å². The quantitative estimate of drug-likeness (QED) is 0.384. The summed E-state index contributed by atoms with van der Waals surface area (Å²) in [6.07, 6.45) is 0.0419. The SMILES string of the molecule is COc1c(C)cccc1NC(=O)Nc1ccc(N2CCN(C(=O)Oc3ccc(CCO)cc3Cl)CC2)cc1. The van der Waals surface area contributed by atoms with Gasteiger partial charge in [-0.25, -0.2) is 9.59 Å². The highest BCUT2D eigenvalue weighted by Gasteiger charge is 2.23. The zero-order chi connectivity index (χ0) is 27.1. The monoisotopic (exact) mass is 538 g/mol. The lowest BCUT2D eigenvalue weighted by atomic mass is 10.1. The number of halogens is 1. The fourth-order valence-corrected chi connectivity index (χ4v) is 4.52. The van der Waals surface area contributed by atoms with E-state index in [-0.39, 0.29) is 12.6 Å². The van der Waals surface area contributed by atoms with Gasteiger partial charge in [-0.3, -0.25) is 0 Å². The number of methoxy groups -OCH3 is 1. The number of nitrogens with one attached hydrogen (secondary N) is 2. The van der Waals surface area contributed by atoms with Crippen LogP contribution in [0.25, 0.3) is 0 Å². The molecule has 1 aliphatic heterocycles. The summed E-state index contributed by atoms with van der Waals surface area (Å²) in [7, 11) is 1.57. The van der Waals surface area contributed by atoms with Gasteiger partial charge in [0.05, 0.1) is 17.8 Å². The van der Waals surface area contributed by atoms with Crippen molar-refractivity contribution in [3.63, 3.8) is 0 Å². The second-order valence-corrected chi connectivity index (χ2v) is 9.27. The average Bonchev–Trinajstić information content (AvgIpc) is 2.91. The number of rotatable bonds is 7. The molecule has 1 aliphatic rings. The van der Waals surface area contributed by atoms with Gasteiger partial charge in [0.1, 0.15) is 5.75 Å². The lowest BCUT2D eigenvalue weighted by Crippen LogP contribution is -2.49. The Kier molecular flexibility index (Phi) is 8.93. The summed E-state index contributed by atoms with van der Waals surface area (Å²) in [6.45, 7) is 4.22. The topological polar surface area (TPSA) is 103 Å². The van der Waals surface area contributed by atoms with Crippen LogP contribution in [-0.4, -0.2) is 62.0 Å². The van der Waals surface area contributed by atoms with Crippen LogP contribution in [0.2, 0.25) is 5.02 Å². The van der Waals surface area contributed by atoms with Crippen molar-refractivity contribution in [3.05, 3.63) is 76.8 Å². The van der Waals surface area contributed by atoms with Gasteiger partial charge in [0, 0.05) is 44.2 Å². The number of anilines is 3. The molecule has 0 spiro atoms. The van der Waals surface area contributed by atoms with Crippen LogP contribution in [0.1, 0.15) is 11.1 Å². The molecule has 3 N–H and O–H groups in total. The first-order valence-electron chi connectivity index (χ1n) is 12.3. The first-order chi connectivity index (χ1) is 18.4. The Morgan fingerprint density at radius 1 is 1.00 bits per heavy atom. The lowest BCUT2D eigenvalue weighted by molar-refractivity contribution is 0.149. The van der Waals surface area contributed by atoms with E-state index in [1.54, 1.807) is 36.3 Å². The first-order valence-corrected chi connectivity index (χ1v) is 12.7. The molecule has 0 bridgehead atoms. The fraction of sp³-hybridized carbons (Fsp3) is 0.286. The van der Waals surface area contributed by atoms with Gasteiger partial charge in [0.15, 0.2) is 5.75 Å². The number of carbonyl (C=O) groups is 2. The molecular weight excluding hydrogens is 508 g/mol. The summed E-state index contributed by atoms with van der Waals surface area (Å²) in [5.74, 6) is 0.925. The zero-order valence-electron chi connectivity index (χ0n) is 21.4. The number of aliphatic hydroxyl groups excluding tert-OH is 1. The summed E-state index contributed by atoms with van der Waals surface area (Å²) >= 11 is 6.23. The number of nitrogens with zero attached hydrogens (tertiary/aromatic N) is 2. The summed E-state index contributed by atoms with van der Waals surface area (Å²) in [6, 6.07) is 17.9. The fourth-order valence-electron chi connectivity index (χ4n) is 4.28. The van der Waals surface area contributed by atoms with Crippen molar-refractivity contribution in [3.8, 4) is 11.5 Å². The van der Waals surface area contributed by atoms with Crippen molar-refractivity contribution >= 4 is 40.8 Å². The number of urea groups is 1. The van der Waals surface area contributed by atoms with Gasteiger partial charge in [0.2, 0.25) is 0 Å². The molecule has 0 atom stereocenters. The Morgan fingerprint density at radius 2 is 1.74 bits per heavy atom. The van der Waals surface area contributed by atoms with Crippen molar-refractivity contribution in [2.24, 2.45) is 0 Å². The Labute approximate surface area is 226 Å². The predicted octanol–water partition coefficient (Wildman–Crippen LogP) is 5.16. The summed E-state index contributed by atoms with van der Waals surface area (Å²) in [4.78, 5) is 28.9. The highest BCUT2D eigenvalue weighted by Crippen LogP contribution is 2.29. The number of aliphatic hydroxyl groups is 1. The molecule has 0 radical (unpaired) electrons. The number of aryl methyl sites for hydroxylation is 1. The molecule has 200 valence electrons. The normalized spacial score (nSPS) is 13.2. The number of carbonyl (C=O) groups excluding carboxylic acids is 2. The number of hydrogen-bond acceptors (Lipinski definition) is 6. The minimum atomic E-state index is -0.447. The number of ether oxygens (including phenoxy) is 2. The first kappa shape index (κ1) is 27.1. The Morgan fingerprint density at radius 3 is 2.39 bits per heavy atom. The van der Waals surface area contributed by atoms with Crippen LogP contribution in [0.3, 0.4) is 0 Å². The van der Waals surface area contributed by atoms with E-state index in [9.17, 15) is 9.59 Å².